The number of ketones is 2. The van der Waals surface area contributed by atoms with Gasteiger partial charge in [-0.25, -0.2) is 4.79 Å². The predicted molar refractivity (Wildman–Crippen MR) is 120 cm³/mol. The van der Waals surface area contributed by atoms with Crippen LogP contribution in [0.25, 0.3) is 0 Å². The Bertz CT molecular complexity index is 1100. The summed E-state index contributed by atoms with van der Waals surface area (Å²) in [6, 6.07) is 1.82. The fourth-order valence-electron chi connectivity index (χ4n) is 7.93. The van der Waals surface area contributed by atoms with E-state index in [1.807, 2.05) is 26.8 Å². The lowest BCUT2D eigenvalue weighted by Crippen LogP contribution is -2.66. The molecule has 0 spiro atoms. The minimum absolute atomic E-state index is 0.0173. The van der Waals surface area contributed by atoms with Gasteiger partial charge in [-0.05, 0) is 48.7 Å². The third-order valence-corrected chi connectivity index (χ3v) is 9.70. The van der Waals surface area contributed by atoms with E-state index in [0.29, 0.717) is 6.42 Å². The van der Waals surface area contributed by atoms with Gasteiger partial charge in [0, 0.05) is 27.9 Å². The number of cyclic esters (lactones) is 1. The van der Waals surface area contributed by atoms with Crippen LogP contribution in [0, 0.1) is 39.9 Å². The Hall–Kier alpha value is -2.70. The first-order valence-corrected chi connectivity index (χ1v) is 12.1. The first-order valence-electron chi connectivity index (χ1n) is 12.1. The number of rotatable bonds is 3. The second kappa shape index (κ2) is 7.40. The Balaban J connectivity index is 1.62. The molecule has 2 bridgehead atoms. The van der Waals surface area contributed by atoms with Crippen molar-refractivity contribution in [1.29, 1.82) is 0 Å². The molecule has 3 saturated carbocycles. The lowest BCUT2D eigenvalue weighted by atomic mass is 9.39. The standard InChI is InChI=1S/C27H32O7/c1-25(2)19(12-20(28)32-5)27(4)17-6-8-26(3)18(15(17)10-16(22(25)30)23(27)31)11-21(29)34-24(26)14-7-9-33-13-14/h7,9,11,13,15-17,19,24H,6,8,10,12H2,1-5H3/t15?,16-,17?,19-,24-,26+,27?/m0/s1. The summed E-state index contributed by atoms with van der Waals surface area (Å²) in [6.45, 7) is 7.77. The second-order valence-electron chi connectivity index (χ2n) is 11.5. The summed E-state index contributed by atoms with van der Waals surface area (Å²) in [5.41, 5.74) is -0.390. The van der Waals surface area contributed by atoms with Crippen molar-refractivity contribution < 1.29 is 33.1 Å². The number of methoxy groups -OCH3 is 1. The molecule has 182 valence electrons. The Kier molecular flexibility index (Phi) is 5.02. The van der Waals surface area contributed by atoms with Gasteiger partial charge in [0.15, 0.2) is 0 Å². The highest BCUT2D eigenvalue weighted by molar-refractivity contribution is 6.11. The van der Waals surface area contributed by atoms with Crippen molar-refractivity contribution in [3.05, 3.63) is 35.8 Å². The van der Waals surface area contributed by atoms with Crippen LogP contribution >= 0.6 is 0 Å². The van der Waals surface area contributed by atoms with Gasteiger partial charge >= 0.3 is 11.9 Å². The number of Topliss-reactive ketones (excluding diaryl/α,β-unsaturated/α-hetero) is 2. The van der Waals surface area contributed by atoms with Gasteiger partial charge in [-0.1, -0.05) is 27.7 Å². The van der Waals surface area contributed by atoms with Crippen molar-refractivity contribution in [2.45, 2.75) is 59.5 Å². The van der Waals surface area contributed by atoms with Crippen LogP contribution in [0.2, 0.25) is 0 Å². The molecule has 5 rings (SSSR count). The molecule has 1 aromatic heterocycles. The van der Waals surface area contributed by atoms with Crippen LogP contribution in [0.3, 0.4) is 0 Å². The minimum atomic E-state index is -0.867. The van der Waals surface area contributed by atoms with Crippen LogP contribution in [0.15, 0.2) is 34.7 Å². The molecule has 3 unspecified atom stereocenters. The predicted octanol–water partition coefficient (Wildman–Crippen LogP) is 4.22. The Morgan fingerprint density at radius 1 is 1.15 bits per heavy atom. The van der Waals surface area contributed by atoms with E-state index in [1.54, 1.807) is 18.6 Å². The molecule has 2 heterocycles. The van der Waals surface area contributed by atoms with E-state index < -0.39 is 46.1 Å². The summed E-state index contributed by atoms with van der Waals surface area (Å²) in [4.78, 5) is 52.6. The maximum atomic E-state index is 13.8. The molecule has 34 heavy (non-hydrogen) atoms. The molecule has 7 atom stereocenters. The van der Waals surface area contributed by atoms with Crippen LogP contribution in [-0.4, -0.2) is 30.6 Å². The van der Waals surface area contributed by atoms with E-state index in [0.717, 1.165) is 24.0 Å². The van der Waals surface area contributed by atoms with E-state index in [2.05, 4.69) is 6.92 Å². The molecule has 4 aliphatic rings. The Morgan fingerprint density at radius 2 is 1.88 bits per heavy atom. The third kappa shape index (κ3) is 2.88. The van der Waals surface area contributed by atoms with E-state index in [9.17, 15) is 19.2 Å². The number of carbonyl (C=O) groups is 4. The minimum Gasteiger partial charge on any atom is -0.472 e. The monoisotopic (exact) mass is 468 g/mol. The van der Waals surface area contributed by atoms with Gasteiger partial charge in [-0.2, -0.15) is 0 Å². The van der Waals surface area contributed by atoms with E-state index in [1.165, 1.54) is 7.11 Å². The normalized spacial score (nSPS) is 40.6. The Labute approximate surface area is 199 Å². The molecule has 3 aliphatic carbocycles. The molecule has 1 aromatic rings. The number of hydrogen-bond acceptors (Lipinski definition) is 7. The summed E-state index contributed by atoms with van der Waals surface area (Å²) < 4.78 is 16.0. The van der Waals surface area contributed by atoms with Gasteiger partial charge in [-0.3, -0.25) is 14.4 Å². The van der Waals surface area contributed by atoms with Crippen molar-refractivity contribution in [1.82, 2.24) is 0 Å². The van der Waals surface area contributed by atoms with Gasteiger partial charge in [0.2, 0.25) is 0 Å². The van der Waals surface area contributed by atoms with Crippen molar-refractivity contribution in [2.24, 2.45) is 39.9 Å². The topological polar surface area (TPSA) is 99.9 Å². The van der Waals surface area contributed by atoms with Gasteiger partial charge < -0.3 is 13.9 Å². The van der Waals surface area contributed by atoms with Crippen molar-refractivity contribution in [3.63, 3.8) is 0 Å². The van der Waals surface area contributed by atoms with Crippen LogP contribution in [0.1, 0.15) is 65.0 Å². The van der Waals surface area contributed by atoms with Gasteiger partial charge in [0.05, 0.1) is 32.0 Å². The molecular formula is C27H32O7. The number of carbonyl (C=O) groups excluding carboxylic acids is 4. The van der Waals surface area contributed by atoms with Crippen molar-refractivity contribution in [3.8, 4) is 0 Å². The summed E-state index contributed by atoms with van der Waals surface area (Å²) in [7, 11) is 1.33. The molecule has 0 radical (unpaired) electrons. The van der Waals surface area contributed by atoms with E-state index >= 15 is 0 Å². The summed E-state index contributed by atoms with van der Waals surface area (Å²) in [6.07, 6.45) is 6.16. The molecular weight excluding hydrogens is 436 g/mol. The molecule has 0 amide bonds. The first kappa shape index (κ1) is 23.1. The smallest absolute Gasteiger partial charge is 0.331 e. The summed E-state index contributed by atoms with van der Waals surface area (Å²) in [5.74, 6) is -2.39. The van der Waals surface area contributed by atoms with Crippen LogP contribution in [0.5, 0.6) is 0 Å². The fraction of sp³-hybridized carbons (Fsp3) is 0.630. The quantitative estimate of drug-likeness (QED) is 0.484. The second-order valence-corrected chi connectivity index (χ2v) is 11.5. The number of hydrogen-bond donors (Lipinski definition) is 0. The maximum Gasteiger partial charge on any atom is 0.331 e. The molecule has 0 saturated heterocycles. The van der Waals surface area contributed by atoms with Gasteiger partial charge in [0.25, 0.3) is 0 Å². The Morgan fingerprint density at radius 3 is 2.53 bits per heavy atom. The number of esters is 2. The lowest BCUT2D eigenvalue weighted by Gasteiger charge is -2.63. The molecule has 7 nitrogen and oxygen atoms in total. The van der Waals surface area contributed by atoms with Crippen molar-refractivity contribution >= 4 is 23.5 Å². The van der Waals surface area contributed by atoms with E-state index in [-0.39, 0.29) is 29.8 Å². The zero-order chi connectivity index (χ0) is 24.6. The summed E-state index contributed by atoms with van der Waals surface area (Å²) >= 11 is 0. The van der Waals surface area contributed by atoms with Crippen LogP contribution in [-0.2, 0) is 28.7 Å². The number of fused-ring (bicyclic) bond motifs is 6. The van der Waals surface area contributed by atoms with Crippen LogP contribution < -0.4 is 0 Å². The average Bonchev–Trinajstić information content (AvgIpc) is 3.32. The van der Waals surface area contributed by atoms with Crippen molar-refractivity contribution in [2.75, 3.05) is 7.11 Å². The molecule has 1 aliphatic heterocycles. The third-order valence-electron chi connectivity index (χ3n) is 9.70. The zero-order valence-corrected chi connectivity index (χ0v) is 20.4. The number of ether oxygens (including phenoxy) is 2. The maximum absolute atomic E-state index is 13.8. The van der Waals surface area contributed by atoms with Gasteiger partial charge in [-0.15, -0.1) is 0 Å². The molecule has 7 heteroatoms. The molecule has 0 aromatic carbocycles. The largest absolute Gasteiger partial charge is 0.472 e. The highest BCUT2D eigenvalue weighted by Gasteiger charge is 2.69. The van der Waals surface area contributed by atoms with Crippen LogP contribution in [0.4, 0.5) is 0 Å². The average molecular weight is 469 g/mol. The summed E-state index contributed by atoms with van der Waals surface area (Å²) in [5, 5.41) is 0. The molecule has 0 N–H and O–H groups in total. The van der Waals surface area contributed by atoms with Gasteiger partial charge in [0.1, 0.15) is 17.7 Å². The molecule has 3 fully saturated rings. The zero-order valence-electron chi connectivity index (χ0n) is 20.4. The lowest BCUT2D eigenvalue weighted by molar-refractivity contribution is -0.182. The first-order chi connectivity index (χ1) is 16.0. The fourth-order valence-corrected chi connectivity index (χ4v) is 7.93. The SMILES string of the molecule is COC(=O)C[C@H]1C(C)(C)C(=O)[C@@H]2CC3C4=CC(=O)O[C@@H](c5ccoc5)[C@]4(C)CCC3C1(C)C2=O. The highest BCUT2D eigenvalue weighted by Crippen LogP contribution is 2.68. The highest BCUT2D eigenvalue weighted by atomic mass is 16.5. The number of furan rings is 1. The van der Waals surface area contributed by atoms with E-state index in [4.69, 9.17) is 13.9 Å².